The summed E-state index contributed by atoms with van der Waals surface area (Å²) in [5.74, 6) is -0.0921. The summed E-state index contributed by atoms with van der Waals surface area (Å²) in [5.41, 5.74) is 2.33. The minimum atomic E-state index is -0.0921. The van der Waals surface area contributed by atoms with Crippen molar-refractivity contribution in [1.29, 1.82) is 0 Å². The van der Waals surface area contributed by atoms with Crippen molar-refractivity contribution in [2.75, 3.05) is 6.54 Å². The number of carbonyl (C=O) groups is 1. The summed E-state index contributed by atoms with van der Waals surface area (Å²) in [7, 11) is 0. The highest BCUT2D eigenvalue weighted by molar-refractivity contribution is 7.19. The van der Waals surface area contributed by atoms with Crippen molar-refractivity contribution in [2.45, 2.75) is 13.0 Å². The third kappa shape index (κ3) is 4.93. The molecule has 0 bridgehead atoms. The van der Waals surface area contributed by atoms with Gasteiger partial charge in [-0.05, 0) is 72.0 Å². The van der Waals surface area contributed by atoms with Crippen LogP contribution in [0.3, 0.4) is 0 Å². The van der Waals surface area contributed by atoms with E-state index in [-0.39, 0.29) is 5.91 Å². The van der Waals surface area contributed by atoms with Gasteiger partial charge in [-0.2, -0.15) is 0 Å². The van der Waals surface area contributed by atoms with E-state index in [1.165, 1.54) is 0 Å². The quantitative estimate of drug-likeness (QED) is 0.226. The molecule has 0 fully saturated rings. The molecule has 0 aliphatic rings. The number of hydrogen-bond donors (Lipinski definition) is 1. The third-order valence-electron chi connectivity index (χ3n) is 5.67. The molecule has 2 aromatic heterocycles. The Morgan fingerprint density at radius 1 is 0.853 bits per heavy atom. The van der Waals surface area contributed by atoms with E-state index in [0.717, 1.165) is 31.4 Å². The van der Waals surface area contributed by atoms with E-state index in [1.54, 1.807) is 23.5 Å². The molecular weight excluding hydrogens is 530 g/mol. The molecule has 5 rings (SSSR count). The molecule has 0 unspecified atom stereocenters. The zero-order valence-corrected chi connectivity index (χ0v) is 21.6. The minimum absolute atomic E-state index is 0.0921. The number of nitrogens with one attached hydrogen (secondary N) is 1. The second kappa shape index (κ2) is 9.80. The maximum absolute atomic E-state index is 13.8. The number of amides is 1. The Balaban J connectivity index is 1.48. The number of aromatic nitrogens is 1. The molecular formula is C26H18Cl4N2OS. The monoisotopic (exact) mass is 546 g/mol. The van der Waals surface area contributed by atoms with Gasteiger partial charge in [0.2, 0.25) is 0 Å². The number of rotatable bonds is 6. The lowest BCUT2D eigenvalue weighted by atomic mass is 10.1. The van der Waals surface area contributed by atoms with Gasteiger partial charge in [0, 0.05) is 37.8 Å². The number of aromatic amines is 1. The number of benzene rings is 3. The van der Waals surface area contributed by atoms with Crippen LogP contribution in [0, 0.1) is 0 Å². The number of fused-ring (bicyclic) bond motifs is 2. The van der Waals surface area contributed by atoms with E-state index < -0.39 is 0 Å². The molecule has 0 aliphatic carbocycles. The van der Waals surface area contributed by atoms with Crippen LogP contribution in [0.2, 0.25) is 20.1 Å². The van der Waals surface area contributed by atoms with E-state index in [0.29, 0.717) is 45.2 Å². The molecule has 0 spiro atoms. The Kier molecular flexibility index (Phi) is 6.79. The maximum atomic E-state index is 13.8. The molecule has 8 heteroatoms. The molecule has 34 heavy (non-hydrogen) atoms. The first-order valence-electron chi connectivity index (χ1n) is 10.6. The molecule has 1 amide bonds. The second-order valence-electron chi connectivity index (χ2n) is 8.02. The topological polar surface area (TPSA) is 36.1 Å². The molecule has 3 nitrogen and oxygen atoms in total. The van der Waals surface area contributed by atoms with Crippen molar-refractivity contribution >= 4 is 84.6 Å². The summed E-state index contributed by atoms with van der Waals surface area (Å²) in [6.07, 6.45) is 2.45. The number of halogens is 4. The van der Waals surface area contributed by atoms with Crippen molar-refractivity contribution in [3.05, 3.63) is 103 Å². The van der Waals surface area contributed by atoms with Crippen LogP contribution in [-0.2, 0) is 13.0 Å². The first kappa shape index (κ1) is 23.5. The highest BCUT2D eigenvalue weighted by Crippen LogP contribution is 2.31. The fraction of sp³-hybridized carbons (Fsp3) is 0.115. The second-order valence-corrected chi connectivity index (χ2v) is 10.9. The molecule has 0 radical (unpaired) electrons. The van der Waals surface area contributed by atoms with Crippen molar-refractivity contribution in [3.63, 3.8) is 0 Å². The number of thiophene rings is 1. The zero-order valence-electron chi connectivity index (χ0n) is 17.7. The number of nitrogens with zero attached hydrogens (tertiary/aromatic N) is 1. The Morgan fingerprint density at radius 3 is 2.50 bits per heavy atom. The molecule has 172 valence electrons. The number of H-pyrrole nitrogens is 1. The number of hydrogen-bond acceptors (Lipinski definition) is 2. The summed E-state index contributed by atoms with van der Waals surface area (Å²) in [5, 5.41) is 4.20. The lowest BCUT2D eigenvalue weighted by molar-refractivity contribution is 0.0748. The van der Waals surface area contributed by atoms with E-state index in [4.69, 9.17) is 46.4 Å². The molecule has 0 saturated heterocycles. The van der Waals surface area contributed by atoms with Crippen molar-refractivity contribution < 1.29 is 4.79 Å². The van der Waals surface area contributed by atoms with Crippen LogP contribution in [0.25, 0.3) is 21.0 Å². The first-order chi connectivity index (χ1) is 16.4. The van der Waals surface area contributed by atoms with Gasteiger partial charge in [-0.3, -0.25) is 4.79 Å². The van der Waals surface area contributed by atoms with Crippen LogP contribution in [0.15, 0.2) is 66.9 Å². The smallest absolute Gasteiger partial charge is 0.256 e. The van der Waals surface area contributed by atoms with E-state index >= 15 is 0 Å². The summed E-state index contributed by atoms with van der Waals surface area (Å²) >= 11 is 26.4. The minimum Gasteiger partial charge on any atom is -0.361 e. The Hall–Kier alpha value is -2.21. The van der Waals surface area contributed by atoms with Gasteiger partial charge in [0.15, 0.2) is 0 Å². The summed E-state index contributed by atoms with van der Waals surface area (Å²) in [6, 6.07) is 19.0. The normalized spacial score (nSPS) is 11.4. The van der Waals surface area contributed by atoms with Gasteiger partial charge in [0.1, 0.15) is 0 Å². The van der Waals surface area contributed by atoms with Gasteiger partial charge in [-0.25, -0.2) is 0 Å². The standard InChI is InChI=1S/C26H18Cl4N2OS/c27-18-2-4-24-17(11-18)12-20(34-24)14-32(8-6-15-1-3-22(29)23(30)9-15)26(33)21-13-19(28)10-16-5-7-31-25(16)21/h1-5,7,9-13,31H,6,8,14H2. The maximum Gasteiger partial charge on any atom is 0.256 e. The lowest BCUT2D eigenvalue weighted by Crippen LogP contribution is -2.32. The Bertz CT molecular complexity index is 1520. The van der Waals surface area contributed by atoms with Crippen LogP contribution in [0.4, 0.5) is 0 Å². The van der Waals surface area contributed by atoms with Gasteiger partial charge in [-0.15, -0.1) is 11.3 Å². The van der Waals surface area contributed by atoms with Gasteiger partial charge in [-0.1, -0.05) is 52.5 Å². The van der Waals surface area contributed by atoms with Crippen molar-refractivity contribution in [2.24, 2.45) is 0 Å². The molecule has 0 aliphatic heterocycles. The summed E-state index contributed by atoms with van der Waals surface area (Å²) in [4.78, 5) is 19.9. The molecule has 0 saturated carbocycles. The van der Waals surface area contributed by atoms with E-state index in [1.807, 2.05) is 53.6 Å². The molecule has 3 aromatic carbocycles. The number of carbonyl (C=O) groups excluding carboxylic acids is 1. The predicted octanol–water partition coefficient (Wildman–Crippen LogP) is 8.88. The van der Waals surface area contributed by atoms with Crippen LogP contribution in [0.5, 0.6) is 0 Å². The van der Waals surface area contributed by atoms with Gasteiger partial charge >= 0.3 is 0 Å². The summed E-state index contributed by atoms with van der Waals surface area (Å²) in [6.45, 7) is 0.965. The molecule has 2 heterocycles. The van der Waals surface area contributed by atoms with E-state index in [9.17, 15) is 4.79 Å². The predicted molar refractivity (Wildman–Crippen MR) is 145 cm³/mol. The molecule has 1 N–H and O–H groups in total. The van der Waals surface area contributed by atoms with Crippen LogP contribution in [-0.4, -0.2) is 22.3 Å². The molecule has 5 aromatic rings. The average Bonchev–Trinajstić information content (AvgIpc) is 3.43. The Morgan fingerprint density at radius 2 is 1.68 bits per heavy atom. The van der Waals surface area contributed by atoms with Crippen molar-refractivity contribution in [3.8, 4) is 0 Å². The van der Waals surface area contributed by atoms with E-state index in [2.05, 4.69) is 11.1 Å². The van der Waals surface area contributed by atoms with Crippen molar-refractivity contribution in [1.82, 2.24) is 9.88 Å². The van der Waals surface area contributed by atoms with Gasteiger partial charge in [0.05, 0.1) is 27.7 Å². The third-order valence-corrected chi connectivity index (χ3v) is 7.97. The highest BCUT2D eigenvalue weighted by Gasteiger charge is 2.21. The molecule has 0 atom stereocenters. The van der Waals surface area contributed by atoms with Crippen LogP contribution < -0.4 is 0 Å². The highest BCUT2D eigenvalue weighted by atomic mass is 35.5. The van der Waals surface area contributed by atoms with Gasteiger partial charge in [0.25, 0.3) is 5.91 Å². The first-order valence-corrected chi connectivity index (χ1v) is 12.9. The van der Waals surface area contributed by atoms with Gasteiger partial charge < -0.3 is 9.88 Å². The lowest BCUT2D eigenvalue weighted by Gasteiger charge is -2.23. The fourth-order valence-corrected chi connectivity index (χ4v) is 5.81. The largest absolute Gasteiger partial charge is 0.361 e. The SMILES string of the molecule is O=C(c1cc(Cl)cc2cc[nH]c12)N(CCc1ccc(Cl)c(Cl)c1)Cc1cc2cc(Cl)ccc2s1. The van der Waals surface area contributed by atoms with Crippen LogP contribution in [0.1, 0.15) is 20.8 Å². The Labute approximate surface area is 220 Å². The fourth-order valence-electron chi connectivity index (χ4n) is 4.02. The summed E-state index contributed by atoms with van der Waals surface area (Å²) < 4.78 is 1.13. The average molecular weight is 548 g/mol. The zero-order chi connectivity index (χ0) is 23.8. The van der Waals surface area contributed by atoms with Crippen LogP contribution >= 0.6 is 57.7 Å².